The molecule has 0 aliphatic carbocycles. The minimum absolute atomic E-state index is 0.746. The first-order valence-corrected chi connectivity index (χ1v) is 6.54. The molecule has 5 heteroatoms. The number of nitrogens with two attached hydrogens (primary N) is 1. The zero-order chi connectivity index (χ0) is 12.5. The van der Waals surface area contributed by atoms with E-state index in [1.807, 2.05) is 22.7 Å². The summed E-state index contributed by atoms with van der Waals surface area (Å²) in [6, 6.07) is 3.77. The molecule has 1 aliphatic heterocycles. The molecule has 1 saturated heterocycles. The summed E-state index contributed by atoms with van der Waals surface area (Å²) in [6.45, 7) is 5.47. The quantitative estimate of drug-likeness (QED) is 0.872. The standard InChI is InChI=1S/C13H19N5/c1-10-3-2-6-17(7-10)9-13-16-15-12-5-4-11(14)8-18(12)13/h4-5,8,10H,2-3,6-7,9,14H2,1H3. The van der Waals surface area contributed by atoms with E-state index in [9.17, 15) is 0 Å². The fraction of sp³-hybridized carbons (Fsp3) is 0.538. The highest BCUT2D eigenvalue weighted by molar-refractivity contribution is 5.47. The van der Waals surface area contributed by atoms with Crippen molar-refractivity contribution in [3.8, 4) is 0 Å². The van der Waals surface area contributed by atoms with Gasteiger partial charge in [-0.1, -0.05) is 6.92 Å². The Morgan fingerprint density at radius 3 is 3.11 bits per heavy atom. The van der Waals surface area contributed by atoms with Crippen molar-refractivity contribution in [2.24, 2.45) is 5.92 Å². The maximum absolute atomic E-state index is 5.82. The Balaban J connectivity index is 1.83. The summed E-state index contributed by atoms with van der Waals surface area (Å²) in [7, 11) is 0. The second-order valence-corrected chi connectivity index (χ2v) is 5.29. The van der Waals surface area contributed by atoms with Crippen LogP contribution in [0.15, 0.2) is 18.3 Å². The van der Waals surface area contributed by atoms with Crippen molar-refractivity contribution < 1.29 is 0 Å². The number of nitrogen functional groups attached to an aromatic ring is 1. The van der Waals surface area contributed by atoms with E-state index in [0.29, 0.717) is 0 Å². The van der Waals surface area contributed by atoms with Crippen LogP contribution in [0.1, 0.15) is 25.6 Å². The molecular formula is C13H19N5. The van der Waals surface area contributed by atoms with Crippen molar-refractivity contribution in [2.45, 2.75) is 26.3 Å². The number of likely N-dealkylation sites (tertiary alicyclic amines) is 1. The van der Waals surface area contributed by atoms with E-state index in [-0.39, 0.29) is 0 Å². The third kappa shape index (κ3) is 2.18. The van der Waals surface area contributed by atoms with Gasteiger partial charge in [0.15, 0.2) is 11.5 Å². The van der Waals surface area contributed by atoms with Crippen LogP contribution in [-0.4, -0.2) is 32.6 Å². The summed E-state index contributed by atoms with van der Waals surface area (Å²) in [5.41, 5.74) is 7.43. The summed E-state index contributed by atoms with van der Waals surface area (Å²) < 4.78 is 1.99. The summed E-state index contributed by atoms with van der Waals surface area (Å²) in [4.78, 5) is 2.45. The number of rotatable bonds is 2. The minimum atomic E-state index is 0.746. The Bertz CT molecular complexity index is 547. The van der Waals surface area contributed by atoms with Gasteiger partial charge in [-0.15, -0.1) is 10.2 Å². The second-order valence-electron chi connectivity index (χ2n) is 5.29. The van der Waals surface area contributed by atoms with Crippen molar-refractivity contribution in [3.63, 3.8) is 0 Å². The molecule has 0 aromatic carbocycles. The molecule has 0 saturated carbocycles. The lowest BCUT2D eigenvalue weighted by Gasteiger charge is -2.30. The van der Waals surface area contributed by atoms with Crippen LogP contribution in [-0.2, 0) is 6.54 Å². The van der Waals surface area contributed by atoms with Crippen LogP contribution in [0.25, 0.3) is 5.65 Å². The molecule has 0 bridgehead atoms. The number of piperidine rings is 1. The zero-order valence-corrected chi connectivity index (χ0v) is 10.7. The Kier molecular flexibility index (Phi) is 2.91. The van der Waals surface area contributed by atoms with Gasteiger partial charge in [0.2, 0.25) is 0 Å². The van der Waals surface area contributed by atoms with E-state index >= 15 is 0 Å². The largest absolute Gasteiger partial charge is 0.398 e. The van der Waals surface area contributed by atoms with Gasteiger partial charge >= 0.3 is 0 Å². The third-order valence-electron chi connectivity index (χ3n) is 3.60. The van der Waals surface area contributed by atoms with Crippen LogP contribution in [0.5, 0.6) is 0 Å². The van der Waals surface area contributed by atoms with E-state index < -0.39 is 0 Å². The molecule has 3 heterocycles. The SMILES string of the molecule is CC1CCCN(Cc2nnc3ccc(N)cn23)C1. The molecule has 0 spiro atoms. The normalized spacial score (nSPS) is 21.5. The van der Waals surface area contributed by atoms with Gasteiger partial charge in [-0.05, 0) is 37.4 Å². The number of nitrogens with zero attached hydrogens (tertiary/aromatic N) is 4. The number of aromatic nitrogens is 3. The molecule has 2 aromatic rings. The predicted molar refractivity (Wildman–Crippen MR) is 71.1 cm³/mol. The lowest BCUT2D eigenvalue weighted by atomic mass is 10.0. The van der Waals surface area contributed by atoms with Crippen LogP contribution in [0, 0.1) is 5.92 Å². The predicted octanol–water partition coefficient (Wildman–Crippen LogP) is 1.54. The Morgan fingerprint density at radius 1 is 1.39 bits per heavy atom. The van der Waals surface area contributed by atoms with Crippen molar-refractivity contribution in [2.75, 3.05) is 18.8 Å². The van der Waals surface area contributed by atoms with Crippen molar-refractivity contribution in [1.29, 1.82) is 0 Å². The number of hydrogen-bond acceptors (Lipinski definition) is 4. The minimum Gasteiger partial charge on any atom is -0.398 e. The summed E-state index contributed by atoms with van der Waals surface area (Å²) >= 11 is 0. The van der Waals surface area contributed by atoms with Crippen LogP contribution < -0.4 is 5.73 Å². The third-order valence-corrected chi connectivity index (χ3v) is 3.60. The molecule has 1 unspecified atom stereocenters. The lowest BCUT2D eigenvalue weighted by molar-refractivity contribution is 0.172. The fourth-order valence-electron chi connectivity index (χ4n) is 2.69. The van der Waals surface area contributed by atoms with Crippen LogP contribution in [0.3, 0.4) is 0 Å². The molecule has 3 rings (SSSR count). The van der Waals surface area contributed by atoms with Gasteiger partial charge in [0.25, 0.3) is 0 Å². The Labute approximate surface area is 107 Å². The van der Waals surface area contributed by atoms with Gasteiger partial charge < -0.3 is 5.73 Å². The highest BCUT2D eigenvalue weighted by Gasteiger charge is 2.18. The summed E-state index contributed by atoms with van der Waals surface area (Å²) in [6.07, 6.45) is 4.52. The average Bonchev–Trinajstić information content (AvgIpc) is 2.72. The lowest BCUT2D eigenvalue weighted by Crippen LogP contribution is -2.34. The molecular weight excluding hydrogens is 226 g/mol. The molecule has 2 aromatic heterocycles. The van der Waals surface area contributed by atoms with Gasteiger partial charge in [0, 0.05) is 18.4 Å². The molecule has 18 heavy (non-hydrogen) atoms. The van der Waals surface area contributed by atoms with Crippen molar-refractivity contribution in [1.82, 2.24) is 19.5 Å². The van der Waals surface area contributed by atoms with Crippen molar-refractivity contribution in [3.05, 3.63) is 24.2 Å². The maximum atomic E-state index is 5.82. The monoisotopic (exact) mass is 245 g/mol. The zero-order valence-electron chi connectivity index (χ0n) is 10.7. The first kappa shape index (κ1) is 11.5. The van der Waals surface area contributed by atoms with E-state index in [2.05, 4.69) is 22.0 Å². The topological polar surface area (TPSA) is 59.5 Å². The van der Waals surface area contributed by atoms with Crippen molar-refractivity contribution >= 4 is 11.3 Å². The van der Waals surface area contributed by atoms with E-state index in [1.165, 1.54) is 12.8 Å². The van der Waals surface area contributed by atoms with Crippen LogP contribution >= 0.6 is 0 Å². The van der Waals surface area contributed by atoms with Gasteiger partial charge in [-0.2, -0.15) is 0 Å². The van der Waals surface area contributed by atoms with Crippen LogP contribution in [0.4, 0.5) is 5.69 Å². The summed E-state index contributed by atoms with van der Waals surface area (Å²) in [5, 5.41) is 8.45. The summed E-state index contributed by atoms with van der Waals surface area (Å²) in [5.74, 6) is 1.76. The van der Waals surface area contributed by atoms with Gasteiger partial charge in [-0.3, -0.25) is 9.30 Å². The van der Waals surface area contributed by atoms with Gasteiger partial charge in [0.05, 0.1) is 6.54 Å². The molecule has 1 atom stereocenters. The fourth-order valence-corrected chi connectivity index (χ4v) is 2.69. The number of fused-ring (bicyclic) bond motifs is 1. The first-order chi connectivity index (χ1) is 8.72. The molecule has 1 fully saturated rings. The number of hydrogen-bond donors (Lipinski definition) is 1. The first-order valence-electron chi connectivity index (χ1n) is 6.54. The maximum Gasteiger partial charge on any atom is 0.160 e. The highest BCUT2D eigenvalue weighted by atomic mass is 15.3. The van der Waals surface area contributed by atoms with Gasteiger partial charge in [-0.25, -0.2) is 0 Å². The molecule has 0 radical (unpaired) electrons. The van der Waals surface area contributed by atoms with E-state index in [1.54, 1.807) is 0 Å². The Hall–Kier alpha value is -1.62. The number of pyridine rings is 1. The average molecular weight is 245 g/mol. The number of anilines is 1. The van der Waals surface area contributed by atoms with E-state index in [0.717, 1.165) is 42.7 Å². The smallest absolute Gasteiger partial charge is 0.160 e. The molecule has 2 N–H and O–H groups in total. The highest BCUT2D eigenvalue weighted by Crippen LogP contribution is 2.18. The second kappa shape index (κ2) is 4.57. The molecule has 0 amide bonds. The van der Waals surface area contributed by atoms with Gasteiger partial charge in [0.1, 0.15) is 0 Å². The Morgan fingerprint density at radius 2 is 2.28 bits per heavy atom. The molecule has 5 nitrogen and oxygen atoms in total. The van der Waals surface area contributed by atoms with E-state index in [4.69, 9.17) is 5.73 Å². The molecule has 1 aliphatic rings. The van der Waals surface area contributed by atoms with Crippen LogP contribution in [0.2, 0.25) is 0 Å². The molecule has 96 valence electrons.